The molecule has 1 aromatic rings. The molecule has 15 heavy (non-hydrogen) atoms. The summed E-state index contributed by atoms with van der Waals surface area (Å²) >= 11 is 0. The van der Waals surface area contributed by atoms with E-state index in [1.165, 1.54) is 0 Å². The second-order valence-corrected chi connectivity index (χ2v) is 3.83. The Bertz CT molecular complexity index is 365. The predicted molar refractivity (Wildman–Crippen MR) is 55.6 cm³/mol. The molecule has 1 atom stereocenters. The van der Waals surface area contributed by atoms with Crippen molar-refractivity contribution in [3.63, 3.8) is 0 Å². The summed E-state index contributed by atoms with van der Waals surface area (Å²) in [5.74, 6) is 1.21. The van der Waals surface area contributed by atoms with Gasteiger partial charge in [-0.1, -0.05) is 18.2 Å². The maximum absolute atomic E-state index is 10.3. The first-order chi connectivity index (χ1) is 7.25. The summed E-state index contributed by atoms with van der Waals surface area (Å²) in [7, 11) is 0. The molecule has 2 rings (SSSR count). The molecule has 0 aliphatic carbocycles. The molecule has 4 heteroatoms. The van der Waals surface area contributed by atoms with E-state index in [2.05, 4.69) is 0 Å². The van der Waals surface area contributed by atoms with Crippen LogP contribution in [0.15, 0.2) is 24.3 Å². The number of ether oxygens (including phenoxy) is 1. The van der Waals surface area contributed by atoms with Crippen molar-refractivity contribution in [3.05, 3.63) is 39.9 Å². The van der Waals surface area contributed by atoms with Gasteiger partial charge in [-0.2, -0.15) is 0 Å². The lowest BCUT2D eigenvalue weighted by Crippen LogP contribution is -2.23. The van der Waals surface area contributed by atoms with Crippen molar-refractivity contribution in [2.24, 2.45) is 5.92 Å². The molecule has 0 N–H and O–H groups in total. The summed E-state index contributed by atoms with van der Waals surface area (Å²) in [6.45, 7) is 0.640. The van der Waals surface area contributed by atoms with Crippen molar-refractivity contribution in [2.75, 3.05) is 13.2 Å². The number of hydrogen-bond donors (Lipinski definition) is 0. The molecule has 0 spiro atoms. The van der Waals surface area contributed by atoms with E-state index in [0.717, 1.165) is 17.7 Å². The molecule has 1 aliphatic heterocycles. The van der Waals surface area contributed by atoms with Crippen LogP contribution in [0.25, 0.3) is 0 Å². The average molecular weight is 207 g/mol. The second kappa shape index (κ2) is 4.29. The van der Waals surface area contributed by atoms with Crippen LogP contribution in [0.1, 0.15) is 12.0 Å². The van der Waals surface area contributed by atoms with Crippen LogP contribution < -0.4 is 4.74 Å². The summed E-state index contributed by atoms with van der Waals surface area (Å²) in [4.78, 5) is 9.99. The van der Waals surface area contributed by atoms with Gasteiger partial charge in [-0.15, -0.1) is 0 Å². The minimum atomic E-state index is -0.263. The first-order valence-corrected chi connectivity index (χ1v) is 5.08. The van der Waals surface area contributed by atoms with Gasteiger partial charge in [-0.05, 0) is 18.1 Å². The molecule has 0 saturated heterocycles. The number of nitrogens with zero attached hydrogens (tertiary/aromatic N) is 1. The van der Waals surface area contributed by atoms with Crippen LogP contribution in [0.5, 0.6) is 5.75 Å². The Morgan fingerprint density at radius 2 is 2.27 bits per heavy atom. The molecular formula is C11H13NO3. The Morgan fingerprint density at radius 1 is 1.47 bits per heavy atom. The van der Waals surface area contributed by atoms with Crippen LogP contribution in [0.3, 0.4) is 0 Å². The van der Waals surface area contributed by atoms with E-state index in [0.29, 0.717) is 13.0 Å². The zero-order chi connectivity index (χ0) is 10.7. The van der Waals surface area contributed by atoms with Gasteiger partial charge in [0, 0.05) is 17.3 Å². The van der Waals surface area contributed by atoms with Gasteiger partial charge in [0.2, 0.25) is 6.54 Å². The third-order valence-electron chi connectivity index (χ3n) is 2.68. The Kier molecular flexibility index (Phi) is 2.85. The van der Waals surface area contributed by atoms with E-state index in [4.69, 9.17) is 4.74 Å². The van der Waals surface area contributed by atoms with Crippen LogP contribution in [0, 0.1) is 16.0 Å². The number of rotatable bonds is 3. The number of fused-ring (bicyclic) bond motifs is 1. The molecule has 4 nitrogen and oxygen atoms in total. The summed E-state index contributed by atoms with van der Waals surface area (Å²) < 4.78 is 5.55. The quantitative estimate of drug-likeness (QED) is 0.562. The number of benzene rings is 1. The zero-order valence-corrected chi connectivity index (χ0v) is 8.39. The summed E-state index contributed by atoms with van der Waals surface area (Å²) in [6.07, 6.45) is 1.49. The van der Waals surface area contributed by atoms with E-state index in [1.807, 2.05) is 24.3 Å². The highest BCUT2D eigenvalue weighted by atomic mass is 16.6. The number of nitro groups is 1. The maximum atomic E-state index is 10.3. The molecule has 1 unspecified atom stereocenters. The monoisotopic (exact) mass is 207 g/mol. The van der Waals surface area contributed by atoms with E-state index in [-0.39, 0.29) is 17.4 Å². The lowest BCUT2D eigenvalue weighted by Gasteiger charge is -2.24. The standard InChI is InChI=1S/C11H13NO3/c13-12(14)6-5-9-7-10-3-1-2-4-11(10)15-8-9/h1-4,9H,5-8H2. The molecule has 1 aliphatic rings. The van der Waals surface area contributed by atoms with E-state index in [1.54, 1.807) is 0 Å². The third kappa shape index (κ3) is 2.46. The predicted octanol–water partition coefficient (Wildman–Crippen LogP) is 1.90. The first kappa shape index (κ1) is 9.96. The normalized spacial score (nSPS) is 19.1. The Morgan fingerprint density at radius 3 is 3.07 bits per heavy atom. The zero-order valence-electron chi connectivity index (χ0n) is 8.39. The summed E-state index contributed by atoms with van der Waals surface area (Å²) in [6, 6.07) is 7.88. The summed E-state index contributed by atoms with van der Waals surface area (Å²) in [5.41, 5.74) is 1.16. The van der Waals surface area contributed by atoms with Crippen LogP contribution in [0.4, 0.5) is 0 Å². The number of para-hydroxylation sites is 1. The van der Waals surface area contributed by atoms with Crippen LogP contribution in [-0.2, 0) is 6.42 Å². The van der Waals surface area contributed by atoms with Gasteiger partial charge in [0.15, 0.2) is 0 Å². The van der Waals surface area contributed by atoms with Crippen LogP contribution in [-0.4, -0.2) is 18.1 Å². The molecule has 0 amide bonds. The van der Waals surface area contributed by atoms with E-state index in [9.17, 15) is 10.1 Å². The van der Waals surface area contributed by atoms with Crippen molar-refractivity contribution in [1.29, 1.82) is 0 Å². The van der Waals surface area contributed by atoms with Crippen LogP contribution >= 0.6 is 0 Å². The van der Waals surface area contributed by atoms with Gasteiger partial charge in [0.25, 0.3) is 0 Å². The highest BCUT2D eigenvalue weighted by Gasteiger charge is 2.20. The van der Waals surface area contributed by atoms with Crippen LogP contribution in [0.2, 0.25) is 0 Å². The fourth-order valence-corrected chi connectivity index (χ4v) is 1.86. The highest BCUT2D eigenvalue weighted by molar-refractivity contribution is 5.34. The molecule has 0 fully saturated rings. The van der Waals surface area contributed by atoms with E-state index < -0.39 is 0 Å². The smallest absolute Gasteiger partial charge is 0.204 e. The van der Waals surface area contributed by atoms with E-state index >= 15 is 0 Å². The highest BCUT2D eigenvalue weighted by Crippen LogP contribution is 2.27. The topological polar surface area (TPSA) is 52.4 Å². The first-order valence-electron chi connectivity index (χ1n) is 5.08. The second-order valence-electron chi connectivity index (χ2n) is 3.83. The number of hydrogen-bond acceptors (Lipinski definition) is 3. The van der Waals surface area contributed by atoms with Gasteiger partial charge in [-0.3, -0.25) is 10.1 Å². The SMILES string of the molecule is O=[N+]([O-])CCC1COc2ccccc2C1. The lowest BCUT2D eigenvalue weighted by molar-refractivity contribution is -0.481. The Hall–Kier alpha value is -1.58. The van der Waals surface area contributed by atoms with Gasteiger partial charge in [-0.25, -0.2) is 0 Å². The van der Waals surface area contributed by atoms with Crippen molar-refractivity contribution in [2.45, 2.75) is 12.8 Å². The van der Waals surface area contributed by atoms with Crippen molar-refractivity contribution in [1.82, 2.24) is 0 Å². The Labute approximate surface area is 88.0 Å². The fourth-order valence-electron chi connectivity index (χ4n) is 1.86. The van der Waals surface area contributed by atoms with Gasteiger partial charge in [0.05, 0.1) is 6.61 Å². The molecule has 1 heterocycles. The molecule has 0 aromatic heterocycles. The third-order valence-corrected chi connectivity index (χ3v) is 2.68. The molecule has 80 valence electrons. The lowest BCUT2D eigenvalue weighted by atomic mass is 9.94. The average Bonchev–Trinajstić information content (AvgIpc) is 2.26. The maximum Gasteiger partial charge on any atom is 0.204 e. The van der Waals surface area contributed by atoms with Crippen molar-refractivity contribution >= 4 is 0 Å². The molecular weight excluding hydrogens is 194 g/mol. The van der Waals surface area contributed by atoms with Gasteiger partial charge in [0.1, 0.15) is 5.75 Å². The fraction of sp³-hybridized carbons (Fsp3) is 0.455. The molecule has 0 radical (unpaired) electrons. The molecule has 0 bridgehead atoms. The van der Waals surface area contributed by atoms with Gasteiger partial charge >= 0.3 is 0 Å². The van der Waals surface area contributed by atoms with Crippen molar-refractivity contribution < 1.29 is 9.66 Å². The largest absolute Gasteiger partial charge is 0.493 e. The van der Waals surface area contributed by atoms with Gasteiger partial charge < -0.3 is 4.74 Å². The molecule has 0 saturated carbocycles. The summed E-state index contributed by atoms with van der Waals surface area (Å²) in [5, 5.41) is 10.3. The minimum absolute atomic E-state index is 0.0379. The Balaban J connectivity index is 1.96. The molecule has 1 aromatic carbocycles. The van der Waals surface area contributed by atoms with Crippen molar-refractivity contribution in [3.8, 4) is 5.75 Å². The minimum Gasteiger partial charge on any atom is -0.493 e.